The van der Waals surface area contributed by atoms with Gasteiger partial charge in [0.2, 0.25) is 0 Å². The second-order valence-electron chi connectivity index (χ2n) is 5.66. The van der Waals surface area contributed by atoms with Crippen molar-refractivity contribution in [3.63, 3.8) is 0 Å². The summed E-state index contributed by atoms with van der Waals surface area (Å²) in [6.45, 7) is 4.28. The highest BCUT2D eigenvalue weighted by Gasteiger charge is 2.11. The largest absolute Gasteiger partial charge is 0.423 e. The molecule has 0 amide bonds. The molecule has 0 bridgehead atoms. The molecule has 0 aliphatic rings. The Bertz CT molecular complexity index is 1010. The van der Waals surface area contributed by atoms with E-state index in [-0.39, 0.29) is 5.82 Å². The van der Waals surface area contributed by atoms with Crippen LogP contribution in [0.3, 0.4) is 0 Å². The fourth-order valence-electron chi connectivity index (χ4n) is 2.40. The average Bonchev–Trinajstić information content (AvgIpc) is 3.08. The zero-order valence-electron chi connectivity index (χ0n) is 12.6. The smallest absolute Gasteiger partial charge is 0.302 e. The van der Waals surface area contributed by atoms with Crippen molar-refractivity contribution in [2.24, 2.45) is 0 Å². The van der Waals surface area contributed by atoms with E-state index < -0.39 is 0 Å². The molecular formula is C17H14FN3OS. The zero-order chi connectivity index (χ0) is 16.0. The molecule has 1 N–H and O–H groups in total. The predicted molar refractivity (Wildman–Crippen MR) is 91.0 cm³/mol. The number of halogens is 1. The van der Waals surface area contributed by atoms with Crippen LogP contribution < -0.4 is 5.32 Å². The Kier molecular flexibility index (Phi) is 3.27. The summed E-state index contributed by atoms with van der Waals surface area (Å²) in [4.78, 5) is 8.86. The molecule has 0 unspecified atom stereocenters. The molecule has 23 heavy (non-hydrogen) atoms. The number of hydrogen-bond donors (Lipinski definition) is 1. The molecule has 4 aromatic rings. The maximum Gasteiger partial charge on any atom is 0.302 e. The van der Waals surface area contributed by atoms with Crippen molar-refractivity contribution in [1.29, 1.82) is 0 Å². The lowest BCUT2D eigenvalue weighted by molar-refractivity contribution is 0.623. The number of nitrogens with one attached hydrogen (secondary N) is 1. The SMILES string of the molecule is CC(C)c1ccc2oc(Nc3nc4ccc(F)cc4s3)nc2c1. The summed E-state index contributed by atoms with van der Waals surface area (Å²) in [6.07, 6.45) is 0. The minimum absolute atomic E-state index is 0.268. The van der Waals surface area contributed by atoms with Crippen LogP contribution in [-0.2, 0) is 0 Å². The second-order valence-corrected chi connectivity index (χ2v) is 6.69. The number of aromatic nitrogens is 2. The van der Waals surface area contributed by atoms with Crippen LogP contribution >= 0.6 is 11.3 Å². The number of hydrogen-bond acceptors (Lipinski definition) is 5. The highest BCUT2D eigenvalue weighted by Crippen LogP contribution is 2.30. The standard InChI is InChI=1S/C17H14FN3OS/c1-9(2)10-3-6-14-13(7-10)19-16(22-14)21-17-20-12-5-4-11(18)8-15(12)23-17/h3-9H,1-2H3,(H,19,20,21). The summed E-state index contributed by atoms with van der Waals surface area (Å²) < 4.78 is 19.7. The van der Waals surface area contributed by atoms with Gasteiger partial charge in [-0.15, -0.1) is 0 Å². The van der Waals surface area contributed by atoms with E-state index in [1.54, 1.807) is 6.07 Å². The topological polar surface area (TPSA) is 51.0 Å². The van der Waals surface area contributed by atoms with E-state index >= 15 is 0 Å². The average molecular weight is 327 g/mol. The van der Waals surface area contributed by atoms with Crippen LogP contribution in [0.5, 0.6) is 0 Å². The lowest BCUT2D eigenvalue weighted by atomic mass is 10.0. The maximum absolute atomic E-state index is 13.2. The summed E-state index contributed by atoms with van der Waals surface area (Å²) in [6, 6.07) is 10.9. The Balaban J connectivity index is 1.68. The van der Waals surface area contributed by atoms with Crippen molar-refractivity contribution in [1.82, 2.24) is 9.97 Å². The molecule has 0 radical (unpaired) electrons. The van der Waals surface area contributed by atoms with Gasteiger partial charge < -0.3 is 4.42 Å². The molecule has 4 nitrogen and oxygen atoms in total. The molecule has 0 saturated carbocycles. The minimum Gasteiger partial charge on any atom is -0.423 e. The van der Waals surface area contributed by atoms with Crippen LogP contribution in [0.2, 0.25) is 0 Å². The number of anilines is 2. The normalized spacial score (nSPS) is 11.7. The summed E-state index contributed by atoms with van der Waals surface area (Å²) in [5.41, 5.74) is 3.50. The Morgan fingerprint density at radius 3 is 2.78 bits per heavy atom. The van der Waals surface area contributed by atoms with E-state index in [1.807, 2.05) is 18.2 Å². The number of fused-ring (bicyclic) bond motifs is 2. The first-order valence-electron chi connectivity index (χ1n) is 7.32. The first kappa shape index (κ1) is 14.1. The minimum atomic E-state index is -0.268. The van der Waals surface area contributed by atoms with Gasteiger partial charge in [-0.05, 0) is 41.8 Å². The van der Waals surface area contributed by atoms with Crippen LogP contribution in [0, 0.1) is 5.82 Å². The second kappa shape index (κ2) is 5.31. The lowest BCUT2D eigenvalue weighted by Crippen LogP contribution is -1.88. The molecule has 6 heteroatoms. The molecular weight excluding hydrogens is 313 g/mol. The van der Waals surface area contributed by atoms with E-state index in [2.05, 4.69) is 29.1 Å². The molecule has 0 aliphatic carbocycles. The molecule has 0 saturated heterocycles. The van der Waals surface area contributed by atoms with Crippen LogP contribution in [0.15, 0.2) is 40.8 Å². The molecule has 2 heterocycles. The molecule has 2 aromatic carbocycles. The third-order valence-corrected chi connectivity index (χ3v) is 4.58. The third-order valence-electron chi connectivity index (χ3n) is 3.64. The highest BCUT2D eigenvalue weighted by molar-refractivity contribution is 7.22. The van der Waals surface area contributed by atoms with Crippen molar-refractivity contribution in [3.05, 3.63) is 47.8 Å². The third kappa shape index (κ3) is 2.66. The Labute approximate surface area is 136 Å². The van der Waals surface area contributed by atoms with Gasteiger partial charge in [-0.25, -0.2) is 9.37 Å². The molecule has 0 aliphatic heterocycles. The lowest BCUT2D eigenvalue weighted by Gasteiger charge is -2.02. The Morgan fingerprint density at radius 1 is 1.09 bits per heavy atom. The molecule has 0 fully saturated rings. The number of benzene rings is 2. The Morgan fingerprint density at radius 2 is 1.96 bits per heavy atom. The highest BCUT2D eigenvalue weighted by atomic mass is 32.1. The van der Waals surface area contributed by atoms with Crippen molar-refractivity contribution >= 4 is 43.8 Å². The Hall–Kier alpha value is -2.47. The summed E-state index contributed by atoms with van der Waals surface area (Å²) in [5, 5.41) is 3.68. The van der Waals surface area contributed by atoms with Gasteiger partial charge in [0.05, 0.1) is 10.2 Å². The maximum atomic E-state index is 13.2. The first-order valence-corrected chi connectivity index (χ1v) is 8.14. The van der Waals surface area contributed by atoms with Gasteiger partial charge in [-0.2, -0.15) is 4.98 Å². The van der Waals surface area contributed by atoms with Gasteiger partial charge in [0, 0.05) is 0 Å². The zero-order valence-corrected chi connectivity index (χ0v) is 13.4. The number of rotatable bonds is 3. The van der Waals surface area contributed by atoms with E-state index in [0.717, 1.165) is 21.3 Å². The summed E-state index contributed by atoms with van der Waals surface area (Å²) >= 11 is 1.36. The van der Waals surface area contributed by atoms with Gasteiger partial charge in [0.25, 0.3) is 0 Å². The van der Waals surface area contributed by atoms with E-state index in [9.17, 15) is 4.39 Å². The van der Waals surface area contributed by atoms with E-state index in [4.69, 9.17) is 4.42 Å². The van der Waals surface area contributed by atoms with Crippen molar-refractivity contribution in [2.45, 2.75) is 19.8 Å². The van der Waals surface area contributed by atoms with E-state index in [1.165, 1.54) is 29.0 Å². The van der Waals surface area contributed by atoms with Crippen LogP contribution in [-0.4, -0.2) is 9.97 Å². The molecule has 4 rings (SSSR count). The van der Waals surface area contributed by atoms with Gasteiger partial charge >= 0.3 is 6.01 Å². The van der Waals surface area contributed by atoms with Gasteiger partial charge in [-0.3, -0.25) is 5.32 Å². The van der Waals surface area contributed by atoms with Crippen molar-refractivity contribution < 1.29 is 8.81 Å². The predicted octanol–water partition coefficient (Wildman–Crippen LogP) is 5.44. The number of nitrogens with zero attached hydrogens (tertiary/aromatic N) is 2. The monoisotopic (exact) mass is 327 g/mol. The van der Waals surface area contributed by atoms with Crippen LogP contribution in [0.1, 0.15) is 25.3 Å². The molecule has 2 aromatic heterocycles. The number of oxazole rings is 1. The number of thiazole rings is 1. The van der Waals surface area contributed by atoms with Gasteiger partial charge in [0.15, 0.2) is 10.7 Å². The summed E-state index contributed by atoms with van der Waals surface area (Å²) in [5.74, 6) is 0.169. The fourth-order valence-corrected chi connectivity index (χ4v) is 3.28. The fraction of sp³-hybridized carbons (Fsp3) is 0.176. The van der Waals surface area contributed by atoms with Crippen molar-refractivity contribution in [3.8, 4) is 0 Å². The van der Waals surface area contributed by atoms with Gasteiger partial charge in [-0.1, -0.05) is 31.3 Å². The van der Waals surface area contributed by atoms with Crippen LogP contribution in [0.25, 0.3) is 21.3 Å². The molecule has 0 spiro atoms. The van der Waals surface area contributed by atoms with Gasteiger partial charge in [0.1, 0.15) is 11.3 Å². The quantitative estimate of drug-likeness (QED) is 0.544. The summed E-state index contributed by atoms with van der Waals surface area (Å²) in [7, 11) is 0. The van der Waals surface area contributed by atoms with Crippen molar-refractivity contribution in [2.75, 3.05) is 5.32 Å². The first-order chi connectivity index (χ1) is 11.1. The van der Waals surface area contributed by atoms with E-state index in [0.29, 0.717) is 17.1 Å². The van der Waals surface area contributed by atoms with Crippen LogP contribution in [0.4, 0.5) is 15.5 Å². The molecule has 116 valence electrons. The molecule has 0 atom stereocenters.